The van der Waals surface area contributed by atoms with Gasteiger partial charge in [0, 0.05) is 0 Å². The quantitative estimate of drug-likeness (QED) is 0.608. The van der Waals surface area contributed by atoms with Crippen molar-refractivity contribution in [2.75, 3.05) is 0 Å². The largest absolute Gasteiger partial charge is 0.241 e. The van der Waals surface area contributed by atoms with Crippen molar-refractivity contribution >= 4 is 10.0 Å². The molecular formula is C21H31NO2S. The van der Waals surface area contributed by atoms with Gasteiger partial charge in [0.05, 0.1) is 10.4 Å². The number of hydrogen-bond acceptors (Lipinski definition) is 2. The van der Waals surface area contributed by atoms with Gasteiger partial charge in [0.15, 0.2) is 0 Å². The van der Waals surface area contributed by atoms with Gasteiger partial charge in [-0.15, -0.1) is 6.58 Å². The van der Waals surface area contributed by atoms with E-state index >= 15 is 0 Å². The number of nitrogens with one attached hydrogen (secondary N) is 1. The number of rotatable bonds is 9. The fourth-order valence-electron chi connectivity index (χ4n) is 3.58. The van der Waals surface area contributed by atoms with Gasteiger partial charge >= 0.3 is 0 Å². The molecule has 0 spiro atoms. The summed E-state index contributed by atoms with van der Waals surface area (Å²) >= 11 is 0. The monoisotopic (exact) mass is 361 g/mol. The number of sulfonamides is 1. The van der Waals surface area contributed by atoms with Crippen molar-refractivity contribution in [3.8, 4) is 0 Å². The van der Waals surface area contributed by atoms with E-state index in [2.05, 4.69) is 24.3 Å². The van der Waals surface area contributed by atoms with Crippen LogP contribution in [0.2, 0.25) is 0 Å². The Morgan fingerprint density at radius 1 is 1.28 bits per heavy atom. The van der Waals surface area contributed by atoms with Crippen LogP contribution in [0.25, 0.3) is 0 Å². The summed E-state index contributed by atoms with van der Waals surface area (Å²) in [4.78, 5) is 0.344. The summed E-state index contributed by atoms with van der Waals surface area (Å²) in [7, 11) is -3.55. The lowest BCUT2D eigenvalue weighted by Crippen LogP contribution is -2.50. The molecule has 138 valence electrons. The van der Waals surface area contributed by atoms with Gasteiger partial charge in [-0.05, 0) is 64.0 Å². The van der Waals surface area contributed by atoms with Gasteiger partial charge in [-0.3, -0.25) is 0 Å². The molecule has 1 aliphatic carbocycles. The second kappa shape index (κ2) is 8.81. The van der Waals surface area contributed by atoms with Crippen molar-refractivity contribution in [2.24, 2.45) is 0 Å². The van der Waals surface area contributed by atoms with Crippen molar-refractivity contribution in [1.29, 1.82) is 0 Å². The third-order valence-corrected chi connectivity index (χ3v) is 6.60. The van der Waals surface area contributed by atoms with E-state index in [4.69, 9.17) is 0 Å². The van der Waals surface area contributed by atoms with Crippen LogP contribution in [0.3, 0.4) is 0 Å². The molecule has 1 unspecified atom stereocenters. The smallest absolute Gasteiger partial charge is 0.207 e. The summed E-state index contributed by atoms with van der Waals surface area (Å²) in [5.74, 6) is 0. The molecule has 0 saturated heterocycles. The molecule has 0 amide bonds. The molecule has 0 fully saturated rings. The van der Waals surface area contributed by atoms with Crippen molar-refractivity contribution < 1.29 is 8.42 Å². The molecule has 2 rings (SSSR count). The number of aryl methyl sites for hydroxylation is 1. The fraction of sp³-hybridized carbons (Fsp3) is 0.524. The zero-order chi connectivity index (χ0) is 18.3. The standard InChI is InChI=1S/C21H31NO2S/c1-4-6-10-19-11-8-9-17-21(19,16-7-5-2)22-25(23,24)20-14-12-18(3)13-15-20/h5,11-15,22H,2,4,6-10,16-17H2,1,3H3. The topological polar surface area (TPSA) is 46.2 Å². The highest BCUT2D eigenvalue weighted by atomic mass is 32.2. The molecule has 4 heteroatoms. The third-order valence-electron chi connectivity index (χ3n) is 5.05. The summed E-state index contributed by atoms with van der Waals surface area (Å²) in [6.45, 7) is 7.96. The molecule has 1 aromatic carbocycles. The maximum atomic E-state index is 13.0. The van der Waals surface area contributed by atoms with E-state index in [1.165, 1.54) is 5.57 Å². The van der Waals surface area contributed by atoms with Crippen LogP contribution in [0.5, 0.6) is 0 Å². The first kappa shape index (κ1) is 19.9. The van der Waals surface area contributed by atoms with E-state index in [1.54, 1.807) is 12.1 Å². The number of unbranched alkanes of at least 4 members (excludes halogenated alkanes) is 1. The average Bonchev–Trinajstić information content (AvgIpc) is 2.59. The van der Waals surface area contributed by atoms with E-state index in [0.29, 0.717) is 4.90 Å². The minimum absolute atomic E-state index is 0.344. The summed E-state index contributed by atoms with van der Waals surface area (Å²) in [6.07, 6.45) is 11.8. The first-order valence-corrected chi connectivity index (χ1v) is 10.8. The third kappa shape index (κ3) is 5.05. The van der Waals surface area contributed by atoms with Crippen LogP contribution in [0, 0.1) is 6.92 Å². The van der Waals surface area contributed by atoms with Crippen molar-refractivity contribution in [2.45, 2.75) is 75.6 Å². The summed E-state index contributed by atoms with van der Waals surface area (Å²) in [5, 5.41) is 0. The molecule has 0 saturated carbocycles. The molecular weight excluding hydrogens is 330 g/mol. The van der Waals surface area contributed by atoms with Crippen molar-refractivity contribution in [3.05, 3.63) is 54.1 Å². The summed E-state index contributed by atoms with van der Waals surface area (Å²) in [5.41, 5.74) is 1.85. The predicted octanol–water partition coefficient (Wildman–Crippen LogP) is 5.28. The van der Waals surface area contributed by atoms with Crippen LogP contribution in [-0.4, -0.2) is 14.0 Å². The van der Waals surface area contributed by atoms with Gasteiger partial charge < -0.3 is 0 Å². The molecule has 0 bridgehead atoms. The van der Waals surface area contributed by atoms with E-state index < -0.39 is 15.6 Å². The van der Waals surface area contributed by atoms with Gasteiger partial charge in [-0.1, -0.05) is 48.8 Å². The predicted molar refractivity (Wildman–Crippen MR) is 105 cm³/mol. The molecule has 1 N–H and O–H groups in total. The van der Waals surface area contributed by atoms with E-state index in [9.17, 15) is 8.42 Å². The van der Waals surface area contributed by atoms with E-state index in [-0.39, 0.29) is 0 Å². The zero-order valence-corrected chi connectivity index (χ0v) is 16.4. The molecule has 1 atom stereocenters. The first-order valence-electron chi connectivity index (χ1n) is 9.34. The molecule has 1 aliphatic rings. The van der Waals surface area contributed by atoms with Crippen LogP contribution < -0.4 is 4.72 Å². The molecule has 3 nitrogen and oxygen atoms in total. The lowest BCUT2D eigenvalue weighted by Gasteiger charge is -2.40. The molecule has 0 radical (unpaired) electrons. The van der Waals surface area contributed by atoms with Gasteiger partial charge in [0.1, 0.15) is 0 Å². The van der Waals surface area contributed by atoms with Crippen molar-refractivity contribution in [1.82, 2.24) is 4.72 Å². The maximum Gasteiger partial charge on any atom is 0.241 e. The van der Waals surface area contributed by atoms with Gasteiger partial charge in [0.2, 0.25) is 10.0 Å². The van der Waals surface area contributed by atoms with Crippen LogP contribution >= 0.6 is 0 Å². The van der Waals surface area contributed by atoms with Gasteiger partial charge in [-0.25, -0.2) is 13.1 Å². The molecule has 25 heavy (non-hydrogen) atoms. The van der Waals surface area contributed by atoms with Crippen LogP contribution in [-0.2, 0) is 10.0 Å². The number of hydrogen-bond donors (Lipinski definition) is 1. The van der Waals surface area contributed by atoms with E-state index in [0.717, 1.165) is 56.9 Å². The molecule has 1 aromatic rings. The highest BCUT2D eigenvalue weighted by Gasteiger charge is 2.38. The average molecular weight is 362 g/mol. The Morgan fingerprint density at radius 3 is 2.64 bits per heavy atom. The Hall–Kier alpha value is -1.39. The minimum Gasteiger partial charge on any atom is -0.207 e. The first-order chi connectivity index (χ1) is 11.9. The molecule has 0 aromatic heterocycles. The Balaban J connectivity index is 2.35. The SMILES string of the molecule is C=CCCC1(NS(=O)(=O)c2ccc(C)cc2)CCCC=C1CCCC. The Labute approximate surface area is 153 Å². The van der Waals surface area contributed by atoms with Crippen LogP contribution in [0.4, 0.5) is 0 Å². The molecule has 0 heterocycles. The summed E-state index contributed by atoms with van der Waals surface area (Å²) in [6, 6.07) is 7.08. The lowest BCUT2D eigenvalue weighted by atomic mass is 9.76. The van der Waals surface area contributed by atoms with Crippen LogP contribution in [0.15, 0.2) is 53.5 Å². The Bertz CT molecular complexity index is 704. The second-order valence-electron chi connectivity index (χ2n) is 7.05. The Morgan fingerprint density at radius 2 is 2.00 bits per heavy atom. The van der Waals surface area contributed by atoms with Gasteiger partial charge in [0.25, 0.3) is 0 Å². The highest BCUT2D eigenvalue weighted by Crippen LogP contribution is 2.37. The highest BCUT2D eigenvalue weighted by molar-refractivity contribution is 7.89. The maximum absolute atomic E-state index is 13.0. The fourth-order valence-corrected chi connectivity index (χ4v) is 5.04. The second-order valence-corrected chi connectivity index (χ2v) is 8.74. The van der Waals surface area contributed by atoms with Gasteiger partial charge in [-0.2, -0.15) is 0 Å². The number of allylic oxidation sites excluding steroid dienone is 2. The van der Waals surface area contributed by atoms with Crippen LogP contribution in [0.1, 0.15) is 63.9 Å². The normalized spacial score (nSPS) is 21.0. The lowest BCUT2D eigenvalue weighted by molar-refractivity contribution is 0.350. The molecule has 0 aliphatic heterocycles. The summed E-state index contributed by atoms with van der Waals surface area (Å²) < 4.78 is 29.2. The van der Waals surface area contributed by atoms with Crippen molar-refractivity contribution in [3.63, 3.8) is 0 Å². The zero-order valence-electron chi connectivity index (χ0n) is 15.6. The minimum atomic E-state index is -3.55. The van der Waals surface area contributed by atoms with E-state index in [1.807, 2.05) is 25.1 Å². The Kier molecular flexibility index (Phi) is 7.03. The number of benzene rings is 1.